The minimum Gasteiger partial charge on any atom is -0.492 e. The average Bonchev–Trinajstić information content (AvgIpc) is 2.38. The fraction of sp³-hybridized carbons (Fsp3) is 0.462. The standard InChI is InChI=1S/C13H17BrN2O5/c1-8(2)15-11(13(17)18)5-6-21-12-7-9(16(19)20)3-4-10(12)14/h3-4,7-8,11,15H,5-6H2,1-2H3,(H,17,18). The maximum Gasteiger partial charge on any atom is 0.320 e. The largest absolute Gasteiger partial charge is 0.492 e. The zero-order valence-corrected chi connectivity index (χ0v) is 13.3. The molecule has 0 radical (unpaired) electrons. The molecule has 116 valence electrons. The summed E-state index contributed by atoms with van der Waals surface area (Å²) in [6, 6.07) is 3.50. The highest BCUT2D eigenvalue weighted by Gasteiger charge is 2.18. The molecule has 0 aromatic heterocycles. The van der Waals surface area contributed by atoms with Crippen LogP contribution < -0.4 is 10.1 Å². The van der Waals surface area contributed by atoms with E-state index in [4.69, 9.17) is 9.84 Å². The van der Waals surface area contributed by atoms with Crippen LogP contribution in [0.4, 0.5) is 5.69 Å². The van der Waals surface area contributed by atoms with Crippen molar-refractivity contribution in [3.8, 4) is 5.75 Å². The normalized spacial score (nSPS) is 12.2. The Kier molecular flexibility index (Phi) is 6.57. The van der Waals surface area contributed by atoms with Gasteiger partial charge in [-0.05, 0) is 22.0 Å². The van der Waals surface area contributed by atoms with E-state index in [1.807, 2.05) is 13.8 Å². The molecule has 7 nitrogen and oxygen atoms in total. The van der Waals surface area contributed by atoms with Crippen LogP contribution in [0.15, 0.2) is 22.7 Å². The minimum absolute atomic E-state index is 0.0376. The summed E-state index contributed by atoms with van der Waals surface area (Å²) in [6.45, 7) is 3.85. The van der Waals surface area contributed by atoms with Gasteiger partial charge in [0.1, 0.15) is 11.8 Å². The number of benzene rings is 1. The number of aliphatic carboxylic acids is 1. The van der Waals surface area contributed by atoms with Gasteiger partial charge in [-0.3, -0.25) is 14.9 Å². The third kappa shape index (κ3) is 5.68. The predicted molar refractivity (Wildman–Crippen MR) is 80.6 cm³/mol. The van der Waals surface area contributed by atoms with Crippen LogP contribution in [-0.4, -0.2) is 34.7 Å². The first-order valence-corrected chi connectivity index (χ1v) is 7.16. The van der Waals surface area contributed by atoms with E-state index in [-0.39, 0.29) is 24.8 Å². The van der Waals surface area contributed by atoms with Crippen molar-refractivity contribution in [2.24, 2.45) is 0 Å². The number of carboxylic acid groups (broad SMARTS) is 1. The molecule has 21 heavy (non-hydrogen) atoms. The number of ether oxygens (including phenoxy) is 1. The smallest absolute Gasteiger partial charge is 0.320 e. The molecule has 0 fully saturated rings. The Morgan fingerprint density at radius 2 is 2.19 bits per heavy atom. The van der Waals surface area contributed by atoms with Crippen molar-refractivity contribution < 1.29 is 19.6 Å². The van der Waals surface area contributed by atoms with Crippen LogP contribution in [0.3, 0.4) is 0 Å². The number of nitrogens with zero attached hydrogens (tertiary/aromatic N) is 1. The summed E-state index contributed by atoms with van der Waals surface area (Å²) in [5, 5.41) is 22.7. The van der Waals surface area contributed by atoms with E-state index in [9.17, 15) is 14.9 Å². The lowest BCUT2D eigenvalue weighted by Gasteiger charge is -2.17. The molecule has 1 unspecified atom stereocenters. The van der Waals surface area contributed by atoms with Gasteiger partial charge >= 0.3 is 5.97 Å². The van der Waals surface area contributed by atoms with E-state index < -0.39 is 16.9 Å². The van der Waals surface area contributed by atoms with Crippen molar-refractivity contribution in [1.82, 2.24) is 5.32 Å². The minimum atomic E-state index is -0.953. The molecule has 0 heterocycles. The van der Waals surface area contributed by atoms with Gasteiger partial charge < -0.3 is 15.2 Å². The fourth-order valence-electron chi connectivity index (χ4n) is 1.68. The highest BCUT2D eigenvalue weighted by molar-refractivity contribution is 9.10. The molecule has 0 bridgehead atoms. The van der Waals surface area contributed by atoms with Crippen LogP contribution in [0, 0.1) is 10.1 Å². The molecule has 0 aliphatic heterocycles. The lowest BCUT2D eigenvalue weighted by Crippen LogP contribution is -2.41. The van der Waals surface area contributed by atoms with Crippen molar-refractivity contribution >= 4 is 27.6 Å². The van der Waals surface area contributed by atoms with E-state index in [0.29, 0.717) is 10.2 Å². The first-order chi connectivity index (χ1) is 9.81. The molecular weight excluding hydrogens is 344 g/mol. The predicted octanol–water partition coefficient (Wildman–Crippen LogP) is 2.58. The van der Waals surface area contributed by atoms with Crippen molar-refractivity contribution in [2.45, 2.75) is 32.4 Å². The summed E-state index contributed by atoms with van der Waals surface area (Å²) < 4.78 is 6.02. The zero-order valence-electron chi connectivity index (χ0n) is 11.7. The quantitative estimate of drug-likeness (QED) is 0.545. The van der Waals surface area contributed by atoms with E-state index >= 15 is 0 Å². The summed E-state index contributed by atoms with van der Waals surface area (Å²) in [5.74, 6) is -0.636. The van der Waals surface area contributed by atoms with Gasteiger partial charge in [-0.1, -0.05) is 13.8 Å². The third-order valence-electron chi connectivity index (χ3n) is 2.62. The van der Waals surface area contributed by atoms with Crippen LogP contribution in [0.5, 0.6) is 5.75 Å². The number of hydrogen-bond acceptors (Lipinski definition) is 5. The summed E-state index contributed by atoms with van der Waals surface area (Å²) in [5.41, 5.74) is -0.0803. The summed E-state index contributed by atoms with van der Waals surface area (Å²) in [7, 11) is 0. The monoisotopic (exact) mass is 360 g/mol. The average molecular weight is 361 g/mol. The van der Waals surface area contributed by atoms with Gasteiger partial charge in [0, 0.05) is 18.5 Å². The molecule has 0 aliphatic rings. The Hall–Kier alpha value is -1.67. The van der Waals surface area contributed by atoms with Crippen LogP contribution >= 0.6 is 15.9 Å². The topological polar surface area (TPSA) is 102 Å². The van der Waals surface area contributed by atoms with E-state index in [0.717, 1.165) is 0 Å². The fourth-order valence-corrected chi connectivity index (χ4v) is 2.04. The van der Waals surface area contributed by atoms with Gasteiger partial charge in [-0.25, -0.2) is 0 Å². The highest BCUT2D eigenvalue weighted by atomic mass is 79.9. The number of rotatable bonds is 8. The SMILES string of the molecule is CC(C)NC(CCOc1cc([N+](=O)[O-])ccc1Br)C(=O)O. The number of carbonyl (C=O) groups is 1. The van der Waals surface area contributed by atoms with Crippen molar-refractivity contribution in [1.29, 1.82) is 0 Å². The van der Waals surface area contributed by atoms with Crippen molar-refractivity contribution in [3.63, 3.8) is 0 Å². The van der Waals surface area contributed by atoms with Gasteiger partial charge in [0.15, 0.2) is 0 Å². The Bertz CT molecular complexity index is 521. The Balaban J connectivity index is 2.64. The summed E-state index contributed by atoms with van der Waals surface area (Å²) in [4.78, 5) is 21.3. The first kappa shape index (κ1) is 17.4. The van der Waals surface area contributed by atoms with Crippen LogP contribution in [0.25, 0.3) is 0 Å². The Morgan fingerprint density at radius 1 is 1.52 bits per heavy atom. The van der Waals surface area contributed by atoms with Crippen LogP contribution in [0.2, 0.25) is 0 Å². The van der Waals surface area contributed by atoms with Crippen LogP contribution in [-0.2, 0) is 4.79 Å². The van der Waals surface area contributed by atoms with Gasteiger partial charge in [-0.15, -0.1) is 0 Å². The molecule has 8 heteroatoms. The van der Waals surface area contributed by atoms with Gasteiger partial charge in [0.25, 0.3) is 5.69 Å². The third-order valence-corrected chi connectivity index (χ3v) is 3.28. The van der Waals surface area contributed by atoms with E-state index in [1.165, 1.54) is 18.2 Å². The number of carboxylic acids is 1. The molecule has 0 aliphatic carbocycles. The highest BCUT2D eigenvalue weighted by Crippen LogP contribution is 2.29. The maximum absolute atomic E-state index is 11.1. The molecule has 1 aromatic rings. The molecule has 2 N–H and O–H groups in total. The van der Waals surface area contributed by atoms with Gasteiger partial charge in [-0.2, -0.15) is 0 Å². The maximum atomic E-state index is 11.1. The summed E-state index contributed by atoms with van der Waals surface area (Å²) >= 11 is 3.24. The van der Waals surface area contributed by atoms with E-state index in [2.05, 4.69) is 21.2 Å². The van der Waals surface area contributed by atoms with Crippen LogP contribution in [0.1, 0.15) is 20.3 Å². The number of non-ortho nitro benzene ring substituents is 1. The molecule has 1 rings (SSSR count). The second-order valence-electron chi connectivity index (χ2n) is 4.72. The molecule has 1 atom stereocenters. The molecule has 0 saturated carbocycles. The lowest BCUT2D eigenvalue weighted by molar-refractivity contribution is -0.385. The summed E-state index contributed by atoms with van der Waals surface area (Å²) in [6.07, 6.45) is 0.253. The molecule has 0 amide bonds. The van der Waals surface area contributed by atoms with Crippen molar-refractivity contribution in [3.05, 3.63) is 32.8 Å². The molecular formula is C13H17BrN2O5. The second kappa shape index (κ2) is 7.94. The second-order valence-corrected chi connectivity index (χ2v) is 5.58. The molecule has 0 spiro atoms. The number of nitro benzene ring substituents is 1. The number of nitrogens with one attached hydrogen (secondary N) is 1. The zero-order chi connectivity index (χ0) is 16.0. The molecule has 0 saturated heterocycles. The Labute approximate surface area is 130 Å². The number of nitro groups is 1. The lowest BCUT2D eigenvalue weighted by atomic mass is 10.2. The number of halogens is 1. The van der Waals surface area contributed by atoms with Crippen molar-refractivity contribution in [2.75, 3.05) is 6.61 Å². The first-order valence-electron chi connectivity index (χ1n) is 6.37. The van der Waals surface area contributed by atoms with Gasteiger partial charge in [0.05, 0.1) is 22.1 Å². The van der Waals surface area contributed by atoms with E-state index in [1.54, 1.807) is 0 Å². The molecule has 1 aromatic carbocycles. The van der Waals surface area contributed by atoms with Gasteiger partial charge in [0.2, 0.25) is 0 Å². The Morgan fingerprint density at radius 3 is 2.71 bits per heavy atom. The number of hydrogen-bond donors (Lipinski definition) is 2.